The van der Waals surface area contributed by atoms with E-state index >= 15 is 0 Å². The van der Waals surface area contributed by atoms with Crippen LogP contribution in [-0.4, -0.2) is 41.5 Å². The van der Waals surface area contributed by atoms with Crippen molar-refractivity contribution in [2.75, 3.05) is 26.1 Å². The Kier molecular flexibility index (Phi) is 6.99. The topological polar surface area (TPSA) is 174 Å². The van der Waals surface area contributed by atoms with Crippen molar-refractivity contribution < 1.29 is 20.1 Å². The summed E-state index contributed by atoms with van der Waals surface area (Å²) >= 11 is 0. The average Bonchev–Trinajstić information content (AvgIpc) is 3.57. The molecule has 2 aromatic carbocycles. The normalized spacial score (nSPS) is 16.9. The van der Waals surface area contributed by atoms with Crippen molar-refractivity contribution in [2.24, 2.45) is 0 Å². The van der Waals surface area contributed by atoms with E-state index in [4.69, 9.17) is 4.74 Å². The molecule has 4 aliphatic rings. The number of aromatic hydroxyl groups is 1. The minimum atomic E-state index is -2.03. The van der Waals surface area contributed by atoms with E-state index in [1.807, 2.05) is 56.3 Å². The summed E-state index contributed by atoms with van der Waals surface area (Å²) in [6.45, 7) is 1.85. The largest absolute Gasteiger partial charge is 0.510 e. The molecule has 0 saturated heterocycles. The van der Waals surface area contributed by atoms with E-state index in [1.165, 1.54) is 0 Å². The predicted octanol–water partition coefficient (Wildman–Crippen LogP) is 1.84. The highest BCUT2D eigenvalue weighted by molar-refractivity contribution is 6.05. The van der Waals surface area contributed by atoms with E-state index < -0.39 is 76.6 Å². The van der Waals surface area contributed by atoms with Crippen LogP contribution < -0.4 is 47.3 Å². The van der Waals surface area contributed by atoms with Crippen molar-refractivity contribution in [2.45, 2.75) is 25.2 Å². The number of fused-ring (bicyclic) bond motifs is 4. The molecule has 0 amide bonds. The van der Waals surface area contributed by atoms with Gasteiger partial charge in [-0.2, -0.15) is 0 Å². The minimum Gasteiger partial charge on any atom is -0.510 e. The van der Waals surface area contributed by atoms with E-state index in [0.717, 1.165) is 18.9 Å². The number of phenols is 1. The monoisotopic (exact) mass is 658 g/mol. The third-order valence-corrected chi connectivity index (χ3v) is 9.70. The Morgan fingerprint density at radius 3 is 2.12 bits per heavy atom. The Balaban J connectivity index is 1.66. The van der Waals surface area contributed by atoms with E-state index in [0.29, 0.717) is 27.8 Å². The van der Waals surface area contributed by atoms with E-state index in [2.05, 4.69) is 4.98 Å². The summed E-state index contributed by atoms with van der Waals surface area (Å²) in [4.78, 5) is 72.4. The fourth-order valence-corrected chi connectivity index (χ4v) is 7.48. The highest BCUT2D eigenvalue weighted by atomic mass is 16.5. The summed E-state index contributed by atoms with van der Waals surface area (Å²) in [5.41, 5.74) is -3.88. The fraction of sp³-hybridized carbons (Fsp3) is 0.184. The molecule has 3 aromatic rings. The third-order valence-electron chi connectivity index (χ3n) is 9.70. The molecule has 1 aromatic heterocycles. The number of H-pyrrole nitrogens is 1. The highest BCUT2D eigenvalue weighted by Crippen LogP contribution is 2.57. The molecule has 1 heterocycles. The molecule has 11 nitrogen and oxygen atoms in total. The summed E-state index contributed by atoms with van der Waals surface area (Å²) in [5.74, 6) is -2.51. The molecule has 1 atom stereocenters. The van der Waals surface area contributed by atoms with Crippen LogP contribution in [0.25, 0.3) is 39.5 Å². The first-order valence-corrected chi connectivity index (χ1v) is 15.5. The Morgan fingerprint density at radius 1 is 0.857 bits per heavy atom. The molecular weight excluding hydrogens is 628 g/mol. The lowest BCUT2D eigenvalue weighted by atomic mass is 9.77. The molecule has 0 saturated carbocycles. The number of rotatable bonds is 5. The second-order valence-electron chi connectivity index (χ2n) is 12.4. The zero-order chi connectivity index (χ0) is 35.1. The number of aromatic nitrogens is 1. The molecule has 0 unspecified atom stereocenters. The molecule has 4 N–H and O–H groups in total. The number of ether oxygens (including phenoxy) is 1. The molecule has 7 rings (SSSR count). The van der Waals surface area contributed by atoms with Gasteiger partial charge in [-0.25, -0.2) is 0 Å². The smallest absolute Gasteiger partial charge is 0.260 e. The first kappa shape index (κ1) is 31.4. The van der Waals surface area contributed by atoms with Gasteiger partial charge in [-0.15, -0.1) is 0 Å². The molecule has 0 fully saturated rings. The standard InChI is InChI=1S/C38H30N2O9/c1-5-6-7-8-18-15-21-24(17-9-11-19(12-10-17)40(2)3)20-13-14-38(30(20)34(45)25(21)37(48)39-18)35(46)28-29(36(38)47)33(44)27-26(32(28)43)22(41)16-23(49-4)31(27)42/h5-12,15-16,45-47H,13-14H2,1-4H3,(H,39,48)/t38-/m0/s1. The Hall–Kier alpha value is -6.23. The molecule has 1 spiro atoms. The van der Waals surface area contributed by atoms with Crippen molar-refractivity contribution in [3.8, 4) is 22.6 Å². The summed E-state index contributed by atoms with van der Waals surface area (Å²) in [6.07, 6.45) is 7.10. The van der Waals surface area contributed by atoms with Crippen LogP contribution in [0, 0.1) is 10.4 Å². The van der Waals surface area contributed by atoms with Gasteiger partial charge in [0.25, 0.3) is 5.56 Å². The molecule has 0 aliphatic heterocycles. The fourth-order valence-electron chi connectivity index (χ4n) is 7.48. The quantitative estimate of drug-likeness (QED) is 0.204. The van der Waals surface area contributed by atoms with Gasteiger partial charge in [0.1, 0.15) is 22.7 Å². The number of aliphatic hydroxyl groups is 2. The van der Waals surface area contributed by atoms with Crippen molar-refractivity contribution >= 4 is 34.1 Å². The van der Waals surface area contributed by atoms with Crippen LogP contribution in [0.4, 0.5) is 5.69 Å². The zero-order valence-corrected chi connectivity index (χ0v) is 26.9. The van der Waals surface area contributed by atoms with Gasteiger partial charge < -0.3 is 29.9 Å². The first-order chi connectivity index (χ1) is 23.4. The number of benzene rings is 2. The van der Waals surface area contributed by atoms with Crippen molar-refractivity contribution in [1.82, 2.24) is 4.98 Å². The number of anilines is 1. The lowest BCUT2D eigenvalue weighted by Crippen LogP contribution is -2.51. The van der Waals surface area contributed by atoms with Crippen molar-refractivity contribution in [3.63, 3.8) is 0 Å². The number of hydrogen-bond donors (Lipinski definition) is 4. The molecule has 11 heteroatoms. The van der Waals surface area contributed by atoms with Gasteiger partial charge in [0.15, 0.2) is 11.2 Å². The van der Waals surface area contributed by atoms with E-state index in [1.54, 1.807) is 24.3 Å². The molecule has 246 valence electrons. The molecular formula is C38H30N2O9. The van der Waals surface area contributed by atoms with Crippen LogP contribution in [-0.2, 0) is 11.8 Å². The molecule has 49 heavy (non-hydrogen) atoms. The lowest BCUT2D eigenvalue weighted by Gasteiger charge is -2.28. The number of allylic oxidation sites excluding steroid dienone is 3. The lowest BCUT2D eigenvalue weighted by molar-refractivity contribution is 0.362. The van der Waals surface area contributed by atoms with Gasteiger partial charge in [-0.05, 0) is 60.7 Å². The number of nitrogens with one attached hydrogen (secondary N) is 1. The Labute approximate surface area is 276 Å². The average molecular weight is 659 g/mol. The Morgan fingerprint density at radius 2 is 1.51 bits per heavy atom. The van der Waals surface area contributed by atoms with Crippen molar-refractivity contribution in [1.29, 1.82) is 0 Å². The second kappa shape index (κ2) is 10.9. The number of methoxy groups -OCH3 is 1. The predicted molar refractivity (Wildman–Crippen MR) is 187 cm³/mol. The second-order valence-corrected chi connectivity index (χ2v) is 12.4. The van der Waals surface area contributed by atoms with Crippen molar-refractivity contribution in [3.05, 3.63) is 144 Å². The minimum absolute atomic E-state index is 0.0503. The maximum atomic E-state index is 13.9. The van der Waals surface area contributed by atoms with Crippen LogP contribution in [0.2, 0.25) is 0 Å². The van der Waals surface area contributed by atoms with Gasteiger partial charge in [-0.1, -0.05) is 30.4 Å². The van der Waals surface area contributed by atoms with Crippen LogP contribution in [0.3, 0.4) is 0 Å². The zero-order valence-electron chi connectivity index (χ0n) is 26.9. The number of aromatic amines is 1. The van der Waals surface area contributed by atoms with Gasteiger partial charge in [0.2, 0.25) is 16.3 Å². The highest BCUT2D eigenvalue weighted by Gasteiger charge is 2.54. The summed E-state index contributed by atoms with van der Waals surface area (Å²) in [5, 5.41) is 33.4. The first-order valence-electron chi connectivity index (χ1n) is 15.5. The van der Waals surface area contributed by atoms with Crippen LogP contribution in [0.15, 0.2) is 78.6 Å². The molecule has 0 radical (unpaired) electrons. The number of nitrogens with zero attached hydrogens (tertiary/aromatic N) is 1. The van der Waals surface area contributed by atoms with Gasteiger partial charge in [-0.3, -0.25) is 24.0 Å². The third kappa shape index (κ3) is 4.11. The number of phenolic OH excluding ortho intramolecular Hbond substituents is 1. The maximum Gasteiger partial charge on any atom is 0.260 e. The maximum absolute atomic E-state index is 13.9. The molecule has 0 bridgehead atoms. The van der Waals surface area contributed by atoms with Crippen LogP contribution in [0.5, 0.6) is 11.5 Å². The summed E-state index contributed by atoms with van der Waals surface area (Å²) in [7, 11) is 4.92. The number of aliphatic hydroxyl groups excluding tert-OH is 2. The van der Waals surface area contributed by atoms with E-state index in [-0.39, 0.29) is 23.8 Å². The Bertz CT molecular complexity index is 2820. The van der Waals surface area contributed by atoms with Gasteiger partial charge in [0.05, 0.1) is 33.4 Å². The number of pyridine rings is 1. The number of hydrogen-bond acceptors (Lipinski definition) is 10. The summed E-state index contributed by atoms with van der Waals surface area (Å²) in [6, 6.07) is 10.0. The van der Waals surface area contributed by atoms with Crippen LogP contribution in [0.1, 0.15) is 30.2 Å². The van der Waals surface area contributed by atoms with E-state index in [9.17, 15) is 39.3 Å². The summed E-state index contributed by atoms with van der Waals surface area (Å²) < 4.78 is 4.96. The molecule has 4 aliphatic carbocycles. The SMILES string of the molecule is CC=CC=Cc1cc2c(-c3ccc(N(C)C)cc3)c3c(c(O)c2c(=O)[nH]1)[C@@]1(CC3)C(O)=c2c(=O)c3c(=O)cc(OC)c(=O)c=3c(=O)c2=C1O. The van der Waals surface area contributed by atoms with Gasteiger partial charge >= 0.3 is 0 Å². The van der Waals surface area contributed by atoms with Gasteiger partial charge in [0, 0.05) is 42.5 Å². The van der Waals surface area contributed by atoms with Crippen LogP contribution >= 0.6 is 0 Å².